The van der Waals surface area contributed by atoms with Crippen LogP contribution in [0.15, 0.2) is 35.2 Å². The normalized spacial score (nSPS) is 24.0. The van der Waals surface area contributed by atoms with Crippen LogP contribution in [0.25, 0.3) is 0 Å². The van der Waals surface area contributed by atoms with E-state index in [4.69, 9.17) is 0 Å². The summed E-state index contributed by atoms with van der Waals surface area (Å²) in [4.78, 5) is 39.1. The molecule has 1 aliphatic carbocycles. The quantitative estimate of drug-likeness (QED) is 0.505. The molecule has 33 heavy (non-hydrogen) atoms. The lowest BCUT2D eigenvalue weighted by atomic mass is 9.85. The molecule has 0 unspecified atom stereocenters. The molecule has 3 aliphatic rings. The van der Waals surface area contributed by atoms with Gasteiger partial charge in [0.1, 0.15) is 0 Å². The summed E-state index contributed by atoms with van der Waals surface area (Å²) < 4.78 is 28.0. The van der Waals surface area contributed by atoms with E-state index in [2.05, 4.69) is 5.32 Å². The molecule has 178 valence electrons. The van der Waals surface area contributed by atoms with Crippen molar-refractivity contribution in [3.8, 4) is 0 Å². The smallest absolute Gasteiger partial charge is 0.243 e. The minimum atomic E-state index is -3.65. The summed E-state index contributed by atoms with van der Waals surface area (Å²) in [5.74, 6) is -1.40. The minimum Gasteiger partial charge on any atom is -0.326 e. The van der Waals surface area contributed by atoms with Crippen molar-refractivity contribution in [2.75, 3.05) is 25.0 Å². The number of benzene rings is 1. The van der Waals surface area contributed by atoms with Crippen LogP contribution in [-0.2, 0) is 24.4 Å². The molecule has 2 heterocycles. The molecule has 1 N–H and O–H groups in total. The van der Waals surface area contributed by atoms with Gasteiger partial charge >= 0.3 is 0 Å². The molecule has 0 saturated carbocycles. The van der Waals surface area contributed by atoms with Crippen LogP contribution in [-0.4, -0.2) is 55.0 Å². The molecule has 0 spiro atoms. The van der Waals surface area contributed by atoms with Gasteiger partial charge in [-0.1, -0.05) is 31.1 Å². The highest BCUT2D eigenvalue weighted by Gasteiger charge is 2.46. The number of anilines is 1. The van der Waals surface area contributed by atoms with Gasteiger partial charge in [0.25, 0.3) is 0 Å². The lowest BCUT2D eigenvalue weighted by Gasteiger charge is -2.21. The predicted molar refractivity (Wildman–Crippen MR) is 124 cm³/mol. The molecule has 2 atom stereocenters. The number of fused-ring (bicyclic) bond motifs is 1. The molecule has 2 fully saturated rings. The SMILES string of the molecule is Cc1ccc(NC(=O)CCN2C(=O)[C@@H]3CC=CC[C@H]3C2=O)cc1S(=O)(=O)N1CCCCCC1. The number of imide groups is 1. The molecule has 0 bridgehead atoms. The van der Waals surface area contributed by atoms with Gasteiger partial charge in [-0.2, -0.15) is 4.31 Å². The van der Waals surface area contributed by atoms with Gasteiger partial charge in [0.05, 0.1) is 16.7 Å². The Morgan fingerprint density at radius 1 is 1.00 bits per heavy atom. The van der Waals surface area contributed by atoms with E-state index in [9.17, 15) is 22.8 Å². The monoisotopic (exact) mass is 473 g/mol. The molecule has 2 aliphatic heterocycles. The van der Waals surface area contributed by atoms with E-state index in [0.717, 1.165) is 25.7 Å². The number of nitrogens with one attached hydrogen (secondary N) is 1. The van der Waals surface area contributed by atoms with Crippen LogP contribution in [0.4, 0.5) is 5.69 Å². The molecule has 0 aromatic heterocycles. The number of hydrogen-bond acceptors (Lipinski definition) is 5. The first-order valence-corrected chi connectivity index (χ1v) is 13.1. The van der Waals surface area contributed by atoms with Crippen molar-refractivity contribution < 1.29 is 22.8 Å². The van der Waals surface area contributed by atoms with E-state index in [1.807, 2.05) is 12.2 Å². The lowest BCUT2D eigenvalue weighted by Crippen LogP contribution is -2.34. The van der Waals surface area contributed by atoms with Crippen LogP contribution in [0.3, 0.4) is 0 Å². The number of aryl methyl sites for hydroxylation is 1. The summed E-state index contributed by atoms with van der Waals surface area (Å²) in [6.07, 6.45) is 8.70. The number of amides is 3. The van der Waals surface area contributed by atoms with Gasteiger partial charge in [-0.05, 0) is 50.3 Å². The maximum atomic E-state index is 13.2. The second kappa shape index (κ2) is 9.77. The third kappa shape index (κ3) is 4.89. The van der Waals surface area contributed by atoms with Crippen LogP contribution in [0.1, 0.15) is 50.5 Å². The van der Waals surface area contributed by atoms with E-state index in [1.165, 1.54) is 15.3 Å². The van der Waals surface area contributed by atoms with Crippen molar-refractivity contribution in [2.24, 2.45) is 11.8 Å². The molecule has 9 heteroatoms. The summed E-state index contributed by atoms with van der Waals surface area (Å²) in [5.41, 5.74) is 1.01. The Bertz CT molecular complexity index is 1050. The van der Waals surface area contributed by atoms with Crippen molar-refractivity contribution in [1.29, 1.82) is 0 Å². The second-order valence-corrected chi connectivity index (χ2v) is 11.0. The highest BCUT2D eigenvalue weighted by atomic mass is 32.2. The minimum absolute atomic E-state index is 0.0291. The van der Waals surface area contributed by atoms with E-state index in [1.54, 1.807) is 19.1 Å². The zero-order valence-corrected chi connectivity index (χ0v) is 19.8. The molecule has 2 saturated heterocycles. The number of allylic oxidation sites excluding steroid dienone is 2. The largest absolute Gasteiger partial charge is 0.326 e. The topological polar surface area (TPSA) is 104 Å². The molecular weight excluding hydrogens is 442 g/mol. The molecule has 8 nitrogen and oxygen atoms in total. The van der Waals surface area contributed by atoms with Gasteiger partial charge in [0.2, 0.25) is 27.7 Å². The number of rotatable bonds is 6. The third-order valence-corrected chi connectivity index (χ3v) is 8.86. The number of likely N-dealkylation sites (tertiary alicyclic amines) is 1. The standard InChI is InChI=1S/C24H31N3O5S/c1-17-10-11-18(16-21(17)33(31,32)26-13-6-2-3-7-14-26)25-22(28)12-15-27-23(29)19-8-4-5-9-20(19)24(27)30/h4-5,10-11,16,19-20H,2-3,6-9,12-15H2,1H3,(H,25,28)/t19-,20-/m1/s1. The average molecular weight is 474 g/mol. The molecule has 1 aromatic carbocycles. The number of sulfonamides is 1. The van der Waals surface area contributed by atoms with Crippen molar-refractivity contribution in [3.05, 3.63) is 35.9 Å². The summed E-state index contributed by atoms with van der Waals surface area (Å²) in [5, 5.41) is 2.73. The highest BCUT2D eigenvalue weighted by molar-refractivity contribution is 7.89. The Morgan fingerprint density at radius 2 is 1.61 bits per heavy atom. The lowest BCUT2D eigenvalue weighted by molar-refractivity contribution is -0.140. The van der Waals surface area contributed by atoms with Crippen LogP contribution >= 0.6 is 0 Å². The maximum Gasteiger partial charge on any atom is 0.243 e. The molecule has 1 aromatic rings. The van der Waals surface area contributed by atoms with Crippen LogP contribution in [0.2, 0.25) is 0 Å². The van der Waals surface area contributed by atoms with Gasteiger partial charge in [0, 0.05) is 31.7 Å². The number of hydrogen-bond donors (Lipinski definition) is 1. The van der Waals surface area contributed by atoms with E-state index in [0.29, 0.717) is 37.2 Å². The summed E-state index contributed by atoms with van der Waals surface area (Å²) in [6, 6.07) is 4.85. The van der Waals surface area contributed by atoms with Gasteiger partial charge in [-0.25, -0.2) is 8.42 Å². The fourth-order valence-electron chi connectivity index (χ4n) is 4.90. The van der Waals surface area contributed by atoms with Crippen molar-refractivity contribution in [1.82, 2.24) is 9.21 Å². The maximum absolute atomic E-state index is 13.2. The Balaban J connectivity index is 1.41. The summed E-state index contributed by atoms with van der Waals surface area (Å²) >= 11 is 0. The average Bonchev–Trinajstić information content (AvgIpc) is 2.99. The number of carbonyl (C=O) groups excluding carboxylic acids is 3. The Morgan fingerprint density at radius 3 is 2.21 bits per heavy atom. The molecule has 0 radical (unpaired) electrons. The van der Waals surface area contributed by atoms with Crippen molar-refractivity contribution >= 4 is 33.4 Å². The Hall–Kier alpha value is -2.52. The molecular formula is C24H31N3O5S. The van der Waals surface area contributed by atoms with Crippen molar-refractivity contribution in [3.63, 3.8) is 0 Å². The summed E-state index contributed by atoms with van der Waals surface area (Å²) in [6.45, 7) is 2.79. The van der Waals surface area contributed by atoms with Crippen LogP contribution in [0.5, 0.6) is 0 Å². The molecule has 3 amide bonds. The Labute approximate surface area is 195 Å². The fourth-order valence-corrected chi connectivity index (χ4v) is 6.67. The zero-order chi connectivity index (χ0) is 23.6. The first-order valence-electron chi connectivity index (χ1n) is 11.7. The van der Waals surface area contributed by atoms with Crippen LogP contribution in [0, 0.1) is 18.8 Å². The third-order valence-electron chi connectivity index (χ3n) is 6.82. The molecule has 4 rings (SSSR count). The van der Waals surface area contributed by atoms with Gasteiger partial charge in [-0.15, -0.1) is 0 Å². The van der Waals surface area contributed by atoms with E-state index in [-0.39, 0.29) is 47.4 Å². The second-order valence-electron chi connectivity index (χ2n) is 9.08. The first kappa shape index (κ1) is 23.6. The van der Waals surface area contributed by atoms with Crippen molar-refractivity contribution in [2.45, 2.75) is 56.8 Å². The van der Waals surface area contributed by atoms with E-state index >= 15 is 0 Å². The number of carbonyl (C=O) groups is 3. The van der Waals surface area contributed by atoms with E-state index < -0.39 is 10.0 Å². The number of nitrogens with zero attached hydrogens (tertiary/aromatic N) is 2. The summed E-state index contributed by atoms with van der Waals surface area (Å²) in [7, 11) is -3.65. The highest BCUT2D eigenvalue weighted by Crippen LogP contribution is 2.35. The predicted octanol–water partition coefficient (Wildman–Crippen LogP) is 2.84. The van der Waals surface area contributed by atoms with Gasteiger partial charge in [-0.3, -0.25) is 19.3 Å². The zero-order valence-electron chi connectivity index (χ0n) is 19.0. The Kier molecular flexibility index (Phi) is 6.99. The fraction of sp³-hybridized carbons (Fsp3) is 0.542. The van der Waals surface area contributed by atoms with Gasteiger partial charge in [0.15, 0.2) is 0 Å². The van der Waals surface area contributed by atoms with Gasteiger partial charge < -0.3 is 5.32 Å². The first-order chi connectivity index (χ1) is 15.8. The van der Waals surface area contributed by atoms with Crippen LogP contribution < -0.4 is 5.32 Å².